The molecular weight excluding hydrogens is 252 g/mol. The number of anilines is 1. The number of hydrogen-bond acceptors (Lipinski definition) is 6. The summed E-state index contributed by atoms with van der Waals surface area (Å²) in [5.74, 6) is 0.187. The minimum absolute atomic E-state index is 0.179. The number of nitrogens with zero attached hydrogens (tertiary/aromatic N) is 3. The molecule has 0 aliphatic heterocycles. The molecule has 0 unspecified atom stereocenters. The van der Waals surface area contributed by atoms with Crippen molar-refractivity contribution in [3.8, 4) is 17.0 Å². The van der Waals surface area contributed by atoms with Crippen molar-refractivity contribution in [2.75, 3.05) is 5.32 Å². The van der Waals surface area contributed by atoms with Gasteiger partial charge in [-0.2, -0.15) is 5.26 Å². The van der Waals surface area contributed by atoms with E-state index in [1.165, 1.54) is 11.3 Å². The van der Waals surface area contributed by atoms with Gasteiger partial charge in [0.1, 0.15) is 17.7 Å². The van der Waals surface area contributed by atoms with E-state index in [0.717, 1.165) is 0 Å². The van der Waals surface area contributed by atoms with Gasteiger partial charge in [-0.15, -0.1) is 5.10 Å². The van der Waals surface area contributed by atoms with Crippen LogP contribution in [0.1, 0.15) is 6.42 Å². The summed E-state index contributed by atoms with van der Waals surface area (Å²) in [5.41, 5.74) is 2.13. The van der Waals surface area contributed by atoms with Gasteiger partial charge in [0.15, 0.2) is 0 Å². The standard InChI is InChI=1S/C11H8N4O2S/c12-5-4-10(16)14-8-2-1-3-9(6-8)17-11-15-13-7-18-11/h1-3,6-7H,4H2,(H,14,16). The van der Waals surface area contributed by atoms with Crippen LogP contribution in [0.2, 0.25) is 0 Å². The number of amides is 1. The molecule has 1 heterocycles. The third kappa shape index (κ3) is 3.26. The fraction of sp³-hybridized carbons (Fsp3) is 0.0909. The highest BCUT2D eigenvalue weighted by Gasteiger charge is 2.04. The molecule has 0 saturated heterocycles. The van der Waals surface area contributed by atoms with Crippen molar-refractivity contribution >= 4 is 22.9 Å². The van der Waals surface area contributed by atoms with Crippen LogP contribution in [-0.4, -0.2) is 16.1 Å². The minimum atomic E-state index is -0.356. The maximum absolute atomic E-state index is 11.2. The lowest BCUT2D eigenvalue weighted by Gasteiger charge is -2.05. The zero-order valence-corrected chi connectivity index (χ0v) is 9.98. The monoisotopic (exact) mass is 260 g/mol. The average Bonchev–Trinajstić information content (AvgIpc) is 2.82. The number of benzene rings is 1. The first-order chi connectivity index (χ1) is 8.78. The van der Waals surface area contributed by atoms with Crippen molar-refractivity contribution in [2.45, 2.75) is 6.42 Å². The quantitative estimate of drug-likeness (QED) is 0.910. The first-order valence-corrected chi connectivity index (χ1v) is 5.87. The van der Waals surface area contributed by atoms with Crippen LogP contribution in [0.15, 0.2) is 29.8 Å². The Labute approximate surface area is 107 Å². The molecule has 0 aliphatic carbocycles. The second-order valence-electron chi connectivity index (χ2n) is 3.22. The predicted molar refractivity (Wildman–Crippen MR) is 65.3 cm³/mol. The highest BCUT2D eigenvalue weighted by molar-refractivity contribution is 7.11. The molecule has 7 heteroatoms. The first kappa shape index (κ1) is 12.0. The molecule has 1 aromatic carbocycles. The number of aromatic nitrogens is 2. The van der Waals surface area contributed by atoms with Crippen molar-refractivity contribution in [1.82, 2.24) is 10.2 Å². The van der Waals surface area contributed by atoms with Gasteiger partial charge < -0.3 is 10.1 Å². The molecule has 0 spiro atoms. The molecule has 6 nitrogen and oxygen atoms in total. The molecule has 0 saturated carbocycles. The predicted octanol–water partition coefficient (Wildman–Crippen LogP) is 2.18. The molecule has 2 rings (SSSR count). The molecule has 18 heavy (non-hydrogen) atoms. The zero-order chi connectivity index (χ0) is 12.8. The van der Waals surface area contributed by atoms with E-state index in [2.05, 4.69) is 15.5 Å². The number of rotatable bonds is 4. The van der Waals surface area contributed by atoms with Gasteiger partial charge >= 0.3 is 0 Å². The molecule has 0 fully saturated rings. The molecule has 0 atom stereocenters. The highest BCUT2D eigenvalue weighted by Crippen LogP contribution is 2.24. The molecule has 1 amide bonds. The Kier molecular flexibility index (Phi) is 3.83. The summed E-state index contributed by atoms with van der Waals surface area (Å²) < 4.78 is 5.43. The lowest BCUT2D eigenvalue weighted by molar-refractivity contribution is -0.115. The number of carbonyl (C=O) groups is 1. The molecule has 0 aliphatic rings. The Hall–Kier alpha value is -2.46. The normalized spacial score (nSPS) is 9.50. The van der Waals surface area contributed by atoms with Crippen LogP contribution in [-0.2, 0) is 4.79 Å². The average molecular weight is 260 g/mol. The summed E-state index contributed by atoms with van der Waals surface area (Å²) in [5, 5.41) is 18.8. The summed E-state index contributed by atoms with van der Waals surface area (Å²) in [6.07, 6.45) is -0.179. The molecular formula is C11H8N4O2S. The van der Waals surface area contributed by atoms with Crippen LogP contribution in [0.25, 0.3) is 0 Å². The van der Waals surface area contributed by atoms with E-state index in [1.807, 2.05) is 0 Å². The molecule has 1 N–H and O–H groups in total. The molecule has 0 radical (unpaired) electrons. The van der Waals surface area contributed by atoms with Gasteiger partial charge in [0.05, 0.1) is 6.07 Å². The summed E-state index contributed by atoms with van der Waals surface area (Å²) in [4.78, 5) is 11.2. The van der Waals surface area contributed by atoms with Gasteiger partial charge in [-0.25, -0.2) is 0 Å². The van der Waals surface area contributed by atoms with Crippen molar-refractivity contribution in [3.63, 3.8) is 0 Å². The van der Waals surface area contributed by atoms with E-state index in [-0.39, 0.29) is 12.3 Å². The van der Waals surface area contributed by atoms with Gasteiger partial charge in [0, 0.05) is 11.8 Å². The third-order valence-corrected chi connectivity index (χ3v) is 2.47. The molecule has 2 aromatic rings. The van der Waals surface area contributed by atoms with E-state index in [4.69, 9.17) is 10.00 Å². The van der Waals surface area contributed by atoms with Gasteiger partial charge in [0.25, 0.3) is 5.19 Å². The van der Waals surface area contributed by atoms with Gasteiger partial charge in [-0.3, -0.25) is 4.79 Å². The van der Waals surface area contributed by atoms with Gasteiger partial charge in [-0.1, -0.05) is 22.5 Å². The smallest absolute Gasteiger partial charge is 0.299 e. The van der Waals surface area contributed by atoms with Gasteiger partial charge in [-0.05, 0) is 12.1 Å². The number of hydrogen-bond donors (Lipinski definition) is 1. The number of carbonyl (C=O) groups excluding carboxylic acids is 1. The van der Waals surface area contributed by atoms with Crippen molar-refractivity contribution in [3.05, 3.63) is 29.8 Å². The van der Waals surface area contributed by atoms with Crippen LogP contribution in [0.5, 0.6) is 10.9 Å². The van der Waals surface area contributed by atoms with Crippen LogP contribution in [0, 0.1) is 11.3 Å². The third-order valence-electron chi connectivity index (χ3n) is 1.90. The lowest BCUT2D eigenvalue weighted by atomic mass is 10.3. The summed E-state index contributed by atoms with van der Waals surface area (Å²) in [6.45, 7) is 0. The lowest BCUT2D eigenvalue weighted by Crippen LogP contribution is -2.09. The Morgan fingerprint density at radius 1 is 1.56 bits per heavy atom. The van der Waals surface area contributed by atoms with E-state index < -0.39 is 0 Å². The fourth-order valence-corrected chi connectivity index (χ4v) is 1.65. The first-order valence-electron chi connectivity index (χ1n) is 4.99. The Balaban J connectivity index is 2.06. The Bertz CT molecular complexity index is 577. The summed E-state index contributed by atoms with van der Waals surface area (Å²) in [6, 6.07) is 8.61. The van der Waals surface area contributed by atoms with Crippen molar-refractivity contribution in [1.29, 1.82) is 5.26 Å². The minimum Gasteiger partial charge on any atom is -0.430 e. The number of nitrogens with one attached hydrogen (secondary N) is 1. The van der Waals surface area contributed by atoms with E-state index >= 15 is 0 Å². The van der Waals surface area contributed by atoms with Crippen molar-refractivity contribution < 1.29 is 9.53 Å². The molecule has 1 aromatic heterocycles. The van der Waals surface area contributed by atoms with E-state index in [1.54, 1.807) is 35.8 Å². The van der Waals surface area contributed by atoms with Crippen molar-refractivity contribution in [2.24, 2.45) is 0 Å². The van der Waals surface area contributed by atoms with Crippen LogP contribution in [0.3, 0.4) is 0 Å². The SMILES string of the molecule is N#CCC(=O)Nc1cccc(Oc2nncs2)c1. The Morgan fingerprint density at radius 2 is 2.44 bits per heavy atom. The number of ether oxygens (including phenoxy) is 1. The largest absolute Gasteiger partial charge is 0.430 e. The zero-order valence-electron chi connectivity index (χ0n) is 9.16. The number of nitriles is 1. The molecule has 90 valence electrons. The Morgan fingerprint density at radius 3 is 3.17 bits per heavy atom. The second kappa shape index (κ2) is 5.75. The van der Waals surface area contributed by atoms with E-state index in [0.29, 0.717) is 16.6 Å². The van der Waals surface area contributed by atoms with E-state index in [9.17, 15) is 4.79 Å². The topological polar surface area (TPSA) is 87.9 Å². The summed E-state index contributed by atoms with van der Waals surface area (Å²) in [7, 11) is 0. The maximum Gasteiger partial charge on any atom is 0.299 e. The summed E-state index contributed by atoms with van der Waals surface area (Å²) >= 11 is 1.27. The maximum atomic E-state index is 11.2. The van der Waals surface area contributed by atoms with Gasteiger partial charge in [0.2, 0.25) is 5.91 Å². The van der Waals surface area contributed by atoms with Crippen LogP contribution >= 0.6 is 11.3 Å². The van der Waals surface area contributed by atoms with Crippen LogP contribution in [0.4, 0.5) is 5.69 Å². The fourth-order valence-electron chi connectivity index (χ4n) is 1.22. The molecule has 0 bridgehead atoms. The van der Waals surface area contributed by atoms with Crippen LogP contribution < -0.4 is 10.1 Å². The highest BCUT2D eigenvalue weighted by atomic mass is 32.1. The second-order valence-corrected chi connectivity index (χ2v) is 4.01.